The first-order valence-electron chi connectivity index (χ1n) is 9.29. The highest BCUT2D eigenvalue weighted by molar-refractivity contribution is 9.10. The Morgan fingerprint density at radius 1 is 1.21 bits per heavy atom. The number of halogens is 1. The van der Waals surface area contributed by atoms with Crippen LogP contribution in [0, 0.1) is 0 Å². The van der Waals surface area contributed by atoms with Crippen LogP contribution in [0.15, 0.2) is 40.2 Å². The molecule has 29 heavy (non-hydrogen) atoms. The third-order valence-electron chi connectivity index (χ3n) is 5.30. The zero-order valence-corrected chi connectivity index (χ0v) is 18.1. The van der Waals surface area contributed by atoms with Gasteiger partial charge in [-0.05, 0) is 52.2 Å². The van der Waals surface area contributed by atoms with Gasteiger partial charge in [0.2, 0.25) is 0 Å². The zero-order valence-electron chi connectivity index (χ0n) is 15.7. The summed E-state index contributed by atoms with van der Waals surface area (Å²) >= 11 is 4.75. The number of thiophene rings is 1. The highest BCUT2D eigenvalue weighted by Gasteiger charge is 2.27. The summed E-state index contributed by atoms with van der Waals surface area (Å²) in [5.41, 5.74) is 2.91. The van der Waals surface area contributed by atoms with Gasteiger partial charge in [0.15, 0.2) is 5.82 Å². The molecule has 2 aliphatic rings. The van der Waals surface area contributed by atoms with Gasteiger partial charge in [-0.2, -0.15) is 5.10 Å². The predicted octanol–water partition coefficient (Wildman–Crippen LogP) is 3.74. The van der Waals surface area contributed by atoms with E-state index in [2.05, 4.69) is 37.3 Å². The molecule has 2 amide bonds. The van der Waals surface area contributed by atoms with Crippen LogP contribution in [0.4, 0.5) is 17.3 Å². The van der Waals surface area contributed by atoms with Gasteiger partial charge in [-0.3, -0.25) is 9.59 Å². The maximum absolute atomic E-state index is 12.4. The number of fused-ring (bicyclic) bond motifs is 2. The molecule has 2 aromatic heterocycles. The average Bonchev–Trinajstić information content (AvgIpc) is 3.40. The van der Waals surface area contributed by atoms with Gasteiger partial charge in [-0.1, -0.05) is 0 Å². The number of nitrogens with one attached hydrogen (secondary N) is 1. The van der Waals surface area contributed by atoms with E-state index in [1.807, 2.05) is 35.3 Å². The first kappa shape index (κ1) is 18.4. The number of nitrogens with zero attached hydrogens (tertiary/aromatic N) is 4. The van der Waals surface area contributed by atoms with E-state index < -0.39 is 0 Å². The predicted molar refractivity (Wildman–Crippen MR) is 116 cm³/mol. The van der Waals surface area contributed by atoms with Crippen LogP contribution < -0.4 is 10.2 Å². The number of hydrogen-bond acceptors (Lipinski definition) is 5. The Kier molecular flexibility index (Phi) is 4.44. The third kappa shape index (κ3) is 3.24. The molecule has 7 nitrogen and oxygen atoms in total. The average molecular weight is 472 g/mol. The summed E-state index contributed by atoms with van der Waals surface area (Å²) in [5.74, 6) is 1.38. The van der Waals surface area contributed by atoms with Crippen molar-refractivity contribution in [3.8, 4) is 0 Å². The Hall–Kier alpha value is -2.65. The molecule has 9 heteroatoms. The highest BCUT2D eigenvalue weighted by atomic mass is 79.9. The van der Waals surface area contributed by atoms with Crippen LogP contribution in [-0.2, 0) is 13.0 Å². The number of anilines is 3. The van der Waals surface area contributed by atoms with Crippen LogP contribution in [0.1, 0.15) is 25.6 Å². The smallest absolute Gasteiger partial charge is 0.266 e. The van der Waals surface area contributed by atoms with Crippen LogP contribution in [0.5, 0.6) is 0 Å². The molecule has 3 aromatic rings. The normalized spacial score (nSPS) is 15.4. The molecule has 0 atom stereocenters. The molecule has 0 saturated carbocycles. The minimum absolute atomic E-state index is 0.0782. The Bertz CT molecular complexity index is 1140. The molecule has 0 fully saturated rings. The molecule has 0 bridgehead atoms. The number of likely N-dealkylation sites (N-methyl/N-ethyl adjacent to an activating group) is 1. The number of carbonyl (C=O) groups is 2. The molecule has 0 aliphatic carbocycles. The van der Waals surface area contributed by atoms with Gasteiger partial charge in [0.25, 0.3) is 11.8 Å². The first-order valence-corrected chi connectivity index (χ1v) is 11.0. The molecular formula is C20H18BrN5O2S. The van der Waals surface area contributed by atoms with Crippen LogP contribution >= 0.6 is 27.3 Å². The molecule has 2 aliphatic heterocycles. The van der Waals surface area contributed by atoms with Crippen LogP contribution in [0.3, 0.4) is 0 Å². The molecular weight excluding hydrogens is 454 g/mol. The van der Waals surface area contributed by atoms with E-state index in [-0.39, 0.29) is 11.8 Å². The quantitative estimate of drug-likeness (QED) is 0.631. The Morgan fingerprint density at radius 3 is 2.86 bits per heavy atom. The monoisotopic (exact) mass is 471 g/mol. The topological polar surface area (TPSA) is 70.5 Å². The minimum atomic E-state index is -0.166. The lowest BCUT2D eigenvalue weighted by molar-refractivity contribution is 0.0780. The van der Waals surface area contributed by atoms with Crippen molar-refractivity contribution in [2.45, 2.75) is 13.0 Å². The summed E-state index contributed by atoms with van der Waals surface area (Å²) in [6.07, 6.45) is 0.857. The number of hydrogen-bond donors (Lipinski definition) is 1. The summed E-state index contributed by atoms with van der Waals surface area (Å²) in [6, 6.07) is 9.69. The van der Waals surface area contributed by atoms with Crippen LogP contribution in [-0.4, -0.2) is 46.6 Å². The number of rotatable bonds is 3. The lowest BCUT2D eigenvalue weighted by atomic mass is 9.98. The minimum Gasteiger partial charge on any atom is -0.341 e. The molecule has 1 N–H and O–H groups in total. The van der Waals surface area contributed by atoms with E-state index in [1.165, 1.54) is 11.3 Å². The van der Waals surface area contributed by atoms with Crippen molar-refractivity contribution in [3.63, 3.8) is 0 Å². The van der Waals surface area contributed by atoms with Gasteiger partial charge < -0.3 is 15.1 Å². The maximum atomic E-state index is 12.4. The summed E-state index contributed by atoms with van der Waals surface area (Å²) in [4.78, 5) is 29.3. The largest absolute Gasteiger partial charge is 0.341 e. The van der Waals surface area contributed by atoms with Gasteiger partial charge in [0, 0.05) is 47.3 Å². The molecule has 5 rings (SSSR count). The maximum Gasteiger partial charge on any atom is 0.266 e. The van der Waals surface area contributed by atoms with Crippen molar-refractivity contribution in [3.05, 3.63) is 56.2 Å². The molecule has 0 spiro atoms. The second kappa shape index (κ2) is 7.00. The fourth-order valence-corrected chi connectivity index (χ4v) is 5.11. The Balaban J connectivity index is 1.39. The van der Waals surface area contributed by atoms with E-state index in [0.717, 1.165) is 53.2 Å². The fraction of sp³-hybridized carbons (Fsp3) is 0.250. The molecule has 1 aromatic carbocycles. The van der Waals surface area contributed by atoms with Gasteiger partial charge >= 0.3 is 0 Å². The van der Waals surface area contributed by atoms with E-state index in [9.17, 15) is 9.59 Å². The standard InChI is InChI=1S/C20H18BrN5O2S/c1-24-5-4-12-8-14(2-3-15(12)20(24)28)25-6-7-26-18(25)10-17(23-26)22-19(27)16-9-13(21)11-29-16/h2-3,8-11H,4-7H2,1H3,(H,22,23,27). The van der Waals surface area contributed by atoms with Gasteiger partial charge in [0.05, 0.1) is 11.4 Å². The molecule has 0 saturated heterocycles. The third-order valence-corrected chi connectivity index (χ3v) is 6.99. The van der Waals surface area contributed by atoms with Crippen molar-refractivity contribution in [1.29, 1.82) is 0 Å². The van der Waals surface area contributed by atoms with Crippen molar-refractivity contribution in [2.75, 3.05) is 30.4 Å². The van der Waals surface area contributed by atoms with Gasteiger partial charge in [-0.15, -0.1) is 11.3 Å². The van der Waals surface area contributed by atoms with Crippen LogP contribution in [0.2, 0.25) is 0 Å². The second-order valence-corrected chi connectivity index (χ2v) is 8.99. The van der Waals surface area contributed by atoms with Gasteiger partial charge in [-0.25, -0.2) is 4.68 Å². The Morgan fingerprint density at radius 2 is 2.07 bits per heavy atom. The fourth-order valence-electron chi connectivity index (χ4n) is 3.79. The van der Waals surface area contributed by atoms with E-state index >= 15 is 0 Å². The summed E-state index contributed by atoms with van der Waals surface area (Å²) < 4.78 is 2.79. The van der Waals surface area contributed by atoms with Crippen molar-refractivity contribution in [1.82, 2.24) is 14.7 Å². The number of benzene rings is 1. The Labute approximate surface area is 180 Å². The van der Waals surface area contributed by atoms with E-state index in [4.69, 9.17) is 0 Å². The molecule has 148 valence electrons. The summed E-state index contributed by atoms with van der Waals surface area (Å²) in [5, 5.41) is 9.28. The van der Waals surface area contributed by atoms with E-state index in [1.54, 1.807) is 11.0 Å². The van der Waals surface area contributed by atoms with E-state index in [0.29, 0.717) is 10.7 Å². The highest BCUT2D eigenvalue weighted by Crippen LogP contribution is 2.34. The number of aromatic nitrogens is 2. The second-order valence-electron chi connectivity index (χ2n) is 7.16. The molecule has 0 unspecified atom stereocenters. The lowest BCUT2D eigenvalue weighted by Crippen LogP contribution is -2.34. The number of carbonyl (C=O) groups excluding carboxylic acids is 2. The summed E-state index contributed by atoms with van der Waals surface area (Å²) in [7, 11) is 1.84. The summed E-state index contributed by atoms with van der Waals surface area (Å²) in [6.45, 7) is 2.29. The van der Waals surface area contributed by atoms with Crippen molar-refractivity contribution in [2.24, 2.45) is 0 Å². The molecule has 0 radical (unpaired) electrons. The van der Waals surface area contributed by atoms with Crippen molar-refractivity contribution < 1.29 is 9.59 Å². The van der Waals surface area contributed by atoms with Crippen LogP contribution in [0.25, 0.3) is 0 Å². The van der Waals surface area contributed by atoms with Crippen molar-refractivity contribution >= 4 is 56.4 Å². The first-order chi connectivity index (χ1) is 14.0. The molecule has 4 heterocycles. The van der Waals surface area contributed by atoms with Gasteiger partial charge in [0.1, 0.15) is 5.82 Å². The SMILES string of the molecule is CN1CCc2cc(N3CCn4nc(NC(=O)c5cc(Br)cs5)cc43)ccc2C1=O. The number of amides is 2. The zero-order chi connectivity index (χ0) is 20.1. The lowest BCUT2D eigenvalue weighted by Gasteiger charge is -2.26.